The van der Waals surface area contributed by atoms with Crippen molar-refractivity contribution in [3.05, 3.63) is 220 Å². The van der Waals surface area contributed by atoms with E-state index < -0.39 is 16.1 Å². The normalized spacial score (nSPS) is 12.6. The SMILES string of the molecule is CN[C@H](c1ccccc1)[C@H](C)c1ccccc1.CN[C@H](c1ccccc1)[C@H]([N-]S(=O)(=O)c1ccc(C)cc1)c1ccccc1.Cc1cc(C)cc(C)c1.[CH3-].[Cl][Ru+3]. The average Bonchev–Trinajstić information content (AvgIpc) is 3.20. The van der Waals surface area contributed by atoms with E-state index in [1.54, 1.807) is 24.3 Å². The fourth-order valence-corrected chi connectivity index (χ4v) is 7.71. The summed E-state index contributed by atoms with van der Waals surface area (Å²) in [4.78, 5) is 0.206. The summed E-state index contributed by atoms with van der Waals surface area (Å²) in [5, 5.41) is 6.66. The van der Waals surface area contributed by atoms with Gasteiger partial charge in [0.25, 0.3) is 0 Å². The molecule has 0 aromatic heterocycles. The first-order chi connectivity index (χ1) is 26.5. The Morgan fingerprint density at radius 1 is 0.500 bits per heavy atom. The van der Waals surface area contributed by atoms with Crippen LogP contribution in [0.3, 0.4) is 0 Å². The molecule has 0 radical (unpaired) electrons. The van der Waals surface area contributed by atoms with Crippen LogP contribution in [0.25, 0.3) is 4.72 Å². The quantitative estimate of drug-likeness (QED) is 0.100. The van der Waals surface area contributed by atoms with Gasteiger partial charge in [0.1, 0.15) is 10.0 Å². The molecule has 0 aliphatic rings. The van der Waals surface area contributed by atoms with E-state index in [2.05, 4.69) is 132 Å². The monoisotopic (exact) mass is 876 g/mol. The third-order valence-electron chi connectivity index (χ3n) is 9.16. The van der Waals surface area contributed by atoms with Crippen molar-refractivity contribution in [2.45, 2.75) is 63.6 Å². The van der Waals surface area contributed by atoms with E-state index in [9.17, 15) is 8.42 Å². The van der Waals surface area contributed by atoms with Crippen molar-refractivity contribution in [3.8, 4) is 0 Å². The van der Waals surface area contributed by atoms with Crippen LogP contribution in [0.4, 0.5) is 0 Å². The Morgan fingerprint density at radius 3 is 1.21 bits per heavy atom. The van der Waals surface area contributed by atoms with Crippen LogP contribution in [0.2, 0.25) is 0 Å². The molecule has 6 aromatic carbocycles. The van der Waals surface area contributed by atoms with E-state index in [4.69, 9.17) is 0 Å². The van der Waals surface area contributed by atoms with Crippen LogP contribution >= 0.6 is 9.69 Å². The van der Waals surface area contributed by atoms with E-state index in [0.717, 1.165) is 16.7 Å². The van der Waals surface area contributed by atoms with Gasteiger partial charge in [0.05, 0.1) is 0 Å². The van der Waals surface area contributed by atoms with Crippen LogP contribution in [0.1, 0.15) is 75.5 Å². The Morgan fingerprint density at radius 2 is 0.839 bits per heavy atom. The molecule has 4 atom stereocenters. The first-order valence-corrected chi connectivity index (χ1v) is 22.0. The molecule has 0 fully saturated rings. The second-order valence-corrected chi connectivity index (χ2v) is 15.1. The number of benzene rings is 6. The molecule has 296 valence electrons. The Bertz CT molecular complexity index is 2000. The zero-order valence-electron chi connectivity index (χ0n) is 33.8. The second kappa shape index (κ2) is 25.3. The molecule has 0 unspecified atom stereocenters. The molecule has 0 amide bonds. The molecule has 0 aliphatic carbocycles. The van der Waals surface area contributed by atoms with E-state index in [-0.39, 0.29) is 18.4 Å². The number of rotatable bonds is 11. The number of aryl methyl sites for hydroxylation is 4. The predicted octanol–water partition coefficient (Wildman–Crippen LogP) is 12.3. The van der Waals surface area contributed by atoms with Gasteiger partial charge in [0.15, 0.2) is 0 Å². The molecular formula is C48H57ClN3O2RuS+. The summed E-state index contributed by atoms with van der Waals surface area (Å²) >= 11 is 1.82. The van der Waals surface area contributed by atoms with Crippen molar-refractivity contribution >= 4 is 19.7 Å². The molecule has 6 rings (SSSR count). The van der Waals surface area contributed by atoms with Crippen molar-refractivity contribution in [2.24, 2.45) is 0 Å². The van der Waals surface area contributed by atoms with Gasteiger partial charge in [-0.2, -0.15) is 0 Å². The fraction of sp³-hybridized carbons (Fsp3) is 0.229. The minimum atomic E-state index is -3.80. The minimum absolute atomic E-state index is 0. The van der Waals surface area contributed by atoms with Crippen LogP contribution in [0.15, 0.2) is 169 Å². The van der Waals surface area contributed by atoms with Crippen molar-refractivity contribution in [3.63, 3.8) is 0 Å². The summed E-state index contributed by atoms with van der Waals surface area (Å²) in [6.07, 6.45) is 0. The van der Waals surface area contributed by atoms with E-state index in [1.807, 2.05) is 99.0 Å². The fourth-order valence-electron chi connectivity index (χ4n) is 6.57. The van der Waals surface area contributed by atoms with Gasteiger partial charge >= 0.3 is 27.0 Å². The summed E-state index contributed by atoms with van der Waals surface area (Å²) in [5.41, 5.74) is 9.61. The van der Waals surface area contributed by atoms with Crippen LogP contribution in [0, 0.1) is 35.1 Å². The molecular weight excluding hydrogens is 819 g/mol. The van der Waals surface area contributed by atoms with Gasteiger partial charge in [-0.25, -0.2) is 8.42 Å². The third-order valence-corrected chi connectivity index (χ3v) is 10.5. The number of sulfonamides is 1. The second-order valence-electron chi connectivity index (χ2n) is 13.5. The predicted molar refractivity (Wildman–Crippen MR) is 235 cm³/mol. The van der Waals surface area contributed by atoms with Crippen molar-refractivity contribution in [2.75, 3.05) is 14.1 Å². The molecule has 0 bridgehead atoms. The third kappa shape index (κ3) is 15.2. The van der Waals surface area contributed by atoms with Gasteiger partial charge in [0, 0.05) is 22.9 Å². The average molecular weight is 877 g/mol. The zero-order chi connectivity index (χ0) is 40.2. The van der Waals surface area contributed by atoms with Gasteiger partial charge < -0.3 is 22.8 Å². The summed E-state index contributed by atoms with van der Waals surface area (Å²) in [6.45, 7) is 10.6. The van der Waals surface area contributed by atoms with Crippen molar-refractivity contribution < 1.29 is 25.7 Å². The maximum absolute atomic E-state index is 13.0. The molecule has 0 spiro atoms. The molecule has 0 saturated heterocycles. The number of nitrogens with zero attached hydrogens (tertiary/aromatic N) is 1. The van der Waals surface area contributed by atoms with E-state index in [0.29, 0.717) is 12.0 Å². The van der Waals surface area contributed by atoms with E-state index in [1.165, 1.54) is 27.8 Å². The number of likely N-dealkylation sites (N-methyl/N-ethyl adjacent to an activating group) is 2. The summed E-state index contributed by atoms with van der Waals surface area (Å²) in [7, 11) is 4.61. The number of hydrogen-bond acceptors (Lipinski definition) is 4. The van der Waals surface area contributed by atoms with Crippen molar-refractivity contribution in [1.29, 1.82) is 0 Å². The summed E-state index contributed by atoms with van der Waals surface area (Å²) < 4.78 is 30.3. The molecule has 56 heavy (non-hydrogen) atoms. The Hall–Kier alpha value is -3.94. The summed E-state index contributed by atoms with van der Waals surface area (Å²) in [5.74, 6) is 0.462. The zero-order valence-corrected chi connectivity index (χ0v) is 37.1. The van der Waals surface area contributed by atoms with Gasteiger partial charge in [-0.15, -0.1) is 0 Å². The maximum atomic E-state index is 13.0. The van der Waals surface area contributed by atoms with Gasteiger partial charge in [-0.1, -0.05) is 192 Å². The molecule has 0 aliphatic heterocycles. The summed E-state index contributed by atoms with van der Waals surface area (Å²) in [6, 6.07) is 53.4. The van der Waals surface area contributed by atoms with Crippen LogP contribution in [0.5, 0.6) is 0 Å². The molecule has 0 heterocycles. The first kappa shape index (κ1) is 48.2. The first-order valence-electron chi connectivity index (χ1n) is 18.3. The van der Waals surface area contributed by atoms with E-state index >= 15 is 0 Å². The Labute approximate surface area is 352 Å². The Kier molecular flexibility index (Phi) is 21.8. The van der Waals surface area contributed by atoms with Gasteiger partial charge in [0.2, 0.25) is 0 Å². The standard InChI is InChI=1S/C22H23N2O2S.C16H19N.C9H12.CH3.ClH.Ru/c1-17-13-15-20(16-14-17)27(25,26)24-22(19-11-7-4-8-12-19)21(23-2)18-9-5-3-6-10-18;1-13(14-9-5-3-6-10-14)16(17-2)15-11-7-4-8-12-15;1-7-4-8(2)6-9(3)5-7;;;/h3-16,21-23H,1-2H3;3-13,16-17H,1-2H3;4-6H,1-3H3;1H3;1H;/q-1;;;-1;;+4/p-1/t21-,22-;13-,16+;;;;/m11..../s1. The molecule has 5 nitrogen and oxygen atoms in total. The number of nitrogens with one attached hydrogen (secondary N) is 2. The van der Waals surface area contributed by atoms with Crippen LogP contribution < -0.4 is 10.6 Å². The van der Waals surface area contributed by atoms with Gasteiger partial charge in [-0.3, -0.25) is 0 Å². The Balaban J connectivity index is 0.000000318. The number of hydrogen-bond donors (Lipinski definition) is 2. The van der Waals surface area contributed by atoms with Gasteiger partial charge in [-0.05, 0) is 70.6 Å². The molecule has 8 heteroatoms. The van der Waals surface area contributed by atoms with Crippen LogP contribution in [-0.2, 0) is 27.3 Å². The number of halogens is 1. The van der Waals surface area contributed by atoms with Crippen molar-refractivity contribution in [1.82, 2.24) is 10.6 Å². The topological polar surface area (TPSA) is 72.3 Å². The molecule has 6 aromatic rings. The molecule has 0 saturated carbocycles. The molecule has 2 N–H and O–H groups in total. The van der Waals surface area contributed by atoms with Crippen LogP contribution in [-0.4, -0.2) is 22.5 Å².